The van der Waals surface area contributed by atoms with Crippen LogP contribution in [0.4, 0.5) is 0 Å². The van der Waals surface area contributed by atoms with E-state index in [4.69, 9.17) is 18.9 Å². The van der Waals surface area contributed by atoms with Gasteiger partial charge in [0.2, 0.25) is 12.6 Å². The molecule has 0 aromatic rings. The van der Waals surface area contributed by atoms with Gasteiger partial charge in [0, 0.05) is 25.8 Å². The van der Waals surface area contributed by atoms with Gasteiger partial charge in [-0.15, -0.1) is 0 Å². The Bertz CT molecular complexity index is 918. The zero-order valence-corrected chi connectivity index (χ0v) is 21.9. The lowest BCUT2D eigenvalue weighted by molar-refractivity contribution is -0.235. The molecule has 0 aromatic heterocycles. The van der Waals surface area contributed by atoms with E-state index in [1.54, 1.807) is 0 Å². The lowest BCUT2D eigenvalue weighted by Gasteiger charge is -2.58. The summed E-state index contributed by atoms with van der Waals surface area (Å²) in [6.07, 6.45) is 7.56. The van der Waals surface area contributed by atoms with E-state index >= 15 is 0 Å². The van der Waals surface area contributed by atoms with Crippen LogP contribution in [0.25, 0.3) is 0 Å². The summed E-state index contributed by atoms with van der Waals surface area (Å²) in [6, 6.07) is 0. The van der Waals surface area contributed by atoms with E-state index in [1.807, 2.05) is 26.0 Å². The molecule has 194 valence electrons. The van der Waals surface area contributed by atoms with Gasteiger partial charge in [-0.3, -0.25) is 19.1 Å². The van der Waals surface area contributed by atoms with Crippen molar-refractivity contribution in [3.05, 3.63) is 36.0 Å². The molecule has 1 heterocycles. The van der Waals surface area contributed by atoms with Crippen LogP contribution in [0.3, 0.4) is 0 Å². The topological polar surface area (TPSA) is 88.1 Å². The smallest absolute Gasteiger partial charge is 0.306 e. The predicted molar refractivity (Wildman–Crippen MR) is 131 cm³/mol. The summed E-state index contributed by atoms with van der Waals surface area (Å²) < 4.78 is 23.3. The molecule has 0 unspecified atom stereocenters. The van der Waals surface area contributed by atoms with Crippen LogP contribution in [0.15, 0.2) is 36.0 Å². The van der Waals surface area contributed by atoms with E-state index in [0.29, 0.717) is 25.2 Å². The second kappa shape index (κ2) is 10.7. The van der Waals surface area contributed by atoms with Crippen molar-refractivity contribution in [3.63, 3.8) is 0 Å². The first kappa shape index (κ1) is 27.2. The summed E-state index contributed by atoms with van der Waals surface area (Å²) in [6.45, 7) is 15.0. The molecule has 2 aliphatic carbocycles. The Morgan fingerprint density at radius 2 is 1.86 bits per heavy atom. The van der Waals surface area contributed by atoms with E-state index < -0.39 is 36.0 Å². The lowest BCUT2D eigenvalue weighted by atomic mass is 9.46. The van der Waals surface area contributed by atoms with Gasteiger partial charge in [0.05, 0.1) is 5.41 Å². The predicted octanol–water partition coefficient (Wildman–Crippen LogP) is 5.40. The first-order valence-corrected chi connectivity index (χ1v) is 12.7. The molecule has 0 N–H and O–H groups in total. The van der Waals surface area contributed by atoms with E-state index in [0.717, 1.165) is 30.4 Å². The number of esters is 3. The van der Waals surface area contributed by atoms with Crippen LogP contribution in [-0.4, -0.2) is 36.6 Å². The Morgan fingerprint density at radius 1 is 1.17 bits per heavy atom. The quantitative estimate of drug-likeness (QED) is 0.196. The third-order valence-corrected chi connectivity index (χ3v) is 8.30. The standard InChI is InChI=1S/C28H40O7/c1-8-10-24(31)34-21-15-22-25(32-19(5)29)35-26(33-20(6)30)28(22)14-12-18(4)27(7,23(28)16-21)13-11-17(3)9-2/h9,11,15,18,21,23,25-26H,2,8,10,12-14,16H2,1,3-7H3/b17-11-/t18-,21+,23+,25+,26-,27-,28-/m1/s1. The Balaban J connectivity index is 2.15. The van der Waals surface area contributed by atoms with Crippen molar-refractivity contribution in [1.82, 2.24) is 0 Å². The second-order valence-corrected chi connectivity index (χ2v) is 10.5. The number of allylic oxidation sites excluding steroid dienone is 3. The zero-order valence-electron chi connectivity index (χ0n) is 21.9. The zero-order chi connectivity index (χ0) is 26.0. The van der Waals surface area contributed by atoms with Gasteiger partial charge in [-0.25, -0.2) is 0 Å². The van der Waals surface area contributed by atoms with Crippen molar-refractivity contribution < 1.29 is 33.3 Å². The van der Waals surface area contributed by atoms with E-state index in [2.05, 4.69) is 26.5 Å². The monoisotopic (exact) mass is 488 g/mol. The Hall–Kier alpha value is -2.41. The highest BCUT2D eigenvalue weighted by Crippen LogP contribution is 2.67. The van der Waals surface area contributed by atoms with Gasteiger partial charge < -0.3 is 14.2 Å². The van der Waals surface area contributed by atoms with Crippen LogP contribution in [0.1, 0.15) is 80.1 Å². The highest BCUT2D eigenvalue weighted by Gasteiger charge is 2.67. The van der Waals surface area contributed by atoms with Gasteiger partial charge >= 0.3 is 17.9 Å². The van der Waals surface area contributed by atoms with Crippen LogP contribution >= 0.6 is 0 Å². The molecule has 0 bridgehead atoms. The fraction of sp³-hybridized carbons (Fsp3) is 0.679. The highest BCUT2D eigenvalue weighted by molar-refractivity contribution is 5.70. The second-order valence-electron chi connectivity index (χ2n) is 10.5. The van der Waals surface area contributed by atoms with Gasteiger partial charge in [-0.1, -0.05) is 45.1 Å². The van der Waals surface area contributed by atoms with Gasteiger partial charge in [0.25, 0.3) is 0 Å². The number of hydrogen-bond donors (Lipinski definition) is 0. The largest absolute Gasteiger partial charge is 0.458 e. The summed E-state index contributed by atoms with van der Waals surface area (Å²) in [5.74, 6) is -0.895. The molecule has 7 atom stereocenters. The van der Waals surface area contributed by atoms with E-state index in [1.165, 1.54) is 13.8 Å². The van der Waals surface area contributed by atoms with Crippen LogP contribution in [0.5, 0.6) is 0 Å². The highest BCUT2D eigenvalue weighted by atomic mass is 16.8. The minimum atomic E-state index is -0.991. The summed E-state index contributed by atoms with van der Waals surface area (Å²) in [4.78, 5) is 36.5. The van der Waals surface area contributed by atoms with Gasteiger partial charge in [0.15, 0.2) is 0 Å². The van der Waals surface area contributed by atoms with Gasteiger partial charge in [-0.2, -0.15) is 0 Å². The van der Waals surface area contributed by atoms with E-state index in [9.17, 15) is 14.4 Å². The Morgan fingerprint density at radius 3 is 2.46 bits per heavy atom. The van der Waals surface area contributed by atoms with Crippen LogP contribution in [-0.2, 0) is 33.3 Å². The summed E-state index contributed by atoms with van der Waals surface area (Å²) in [7, 11) is 0. The number of ether oxygens (including phenoxy) is 4. The maximum absolute atomic E-state index is 12.5. The average Bonchev–Trinajstić information content (AvgIpc) is 3.05. The van der Waals surface area contributed by atoms with Crippen molar-refractivity contribution in [2.45, 2.75) is 98.8 Å². The third kappa shape index (κ3) is 5.25. The number of carbonyl (C=O) groups excluding carboxylic acids is 3. The Kier molecular flexibility index (Phi) is 8.30. The van der Waals surface area contributed by atoms with Crippen LogP contribution < -0.4 is 0 Å². The average molecular weight is 489 g/mol. The maximum Gasteiger partial charge on any atom is 0.306 e. The molecule has 7 nitrogen and oxygen atoms in total. The maximum atomic E-state index is 12.5. The molecule has 0 radical (unpaired) electrons. The Labute approximate surface area is 208 Å². The van der Waals surface area contributed by atoms with Crippen molar-refractivity contribution in [1.29, 1.82) is 0 Å². The number of rotatable bonds is 8. The van der Waals surface area contributed by atoms with Crippen molar-refractivity contribution in [3.8, 4) is 0 Å². The first-order valence-electron chi connectivity index (χ1n) is 12.7. The van der Waals surface area contributed by atoms with Gasteiger partial charge in [-0.05, 0) is 62.4 Å². The molecule has 2 fully saturated rings. The first-order chi connectivity index (χ1) is 16.5. The molecule has 35 heavy (non-hydrogen) atoms. The molecule has 1 spiro atoms. The minimum absolute atomic E-state index is 0.0445. The molecule has 1 saturated heterocycles. The lowest BCUT2D eigenvalue weighted by Crippen LogP contribution is -2.57. The fourth-order valence-electron chi connectivity index (χ4n) is 6.24. The van der Waals surface area contributed by atoms with Gasteiger partial charge in [0.1, 0.15) is 6.10 Å². The molecule has 1 aliphatic heterocycles. The third-order valence-electron chi connectivity index (χ3n) is 8.30. The molecule has 3 rings (SSSR count). The van der Waals surface area contributed by atoms with Crippen molar-refractivity contribution >= 4 is 17.9 Å². The molecular formula is C28H40O7. The molecule has 0 amide bonds. The van der Waals surface area contributed by atoms with Crippen LogP contribution in [0, 0.1) is 22.7 Å². The summed E-state index contributed by atoms with van der Waals surface area (Å²) in [5.41, 5.74) is 0.945. The minimum Gasteiger partial charge on any atom is -0.458 e. The molecule has 7 heteroatoms. The van der Waals surface area contributed by atoms with Crippen molar-refractivity contribution in [2.75, 3.05) is 0 Å². The number of hydrogen-bond acceptors (Lipinski definition) is 7. The molecule has 3 aliphatic rings. The SMILES string of the molecule is C=C/C(C)=C\C[C@]1(C)[C@H](C)CC[C@@]23C(=C[C@H](OC(=O)CCC)C[C@@H]12)[C@@H](OC(C)=O)O[C@H]3OC(C)=O. The normalized spacial score (nSPS) is 36.3. The molecule has 1 saturated carbocycles. The molecule has 0 aromatic carbocycles. The summed E-state index contributed by atoms with van der Waals surface area (Å²) >= 11 is 0. The molecular weight excluding hydrogens is 448 g/mol. The number of carbonyl (C=O) groups is 3. The van der Waals surface area contributed by atoms with Crippen LogP contribution in [0.2, 0.25) is 0 Å². The van der Waals surface area contributed by atoms with E-state index in [-0.39, 0.29) is 17.3 Å². The fourth-order valence-corrected chi connectivity index (χ4v) is 6.24. The van der Waals surface area contributed by atoms with Crippen molar-refractivity contribution in [2.24, 2.45) is 22.7 Å². The summed E-state index contributed by atoms with van der Waals surface area (Å²) in [5, 5.41) is 0.